The van der Waals surface area contributed by atoms with Gasteiger partial charge in [0.1, 0.15) is 6.07 Å². The van der Waals surface area contributed by atoms with Crippen LogP contribution < -0.4 is 5.32 Å². The Morgan fingerprint density at radius 3 is 2.32 bits per heavy atom. The highest BCUT2D eigenvalue weighted by molar-refractivity contribution is 7.99. The Kier molecular flexibility index (Phi) is 5.39. The van der Waals surface area contributed by atoms with Gasteiger partial charge in [-0.05, 0) is 36.4 Å². The van der Waals surface area contributed by atoms with Crippen LogP contribution in [0.25, 0.3) is 0 Å². The van der Waals surface area contributed by atoms with Crippen LogP contribution in [-0.2, 0) is 0 Å². The number of benzene rings is 3. The highest BCUT2D eigenvalue weighted by Gasteiger charge is 2.14. The maximum Gasteiger partial charge on any atom is 0.256 e. The maximum atomic E-state index is 12.7. The molecule has 0 radical (unpaired) electrons. The highest BCUT2D eigenvalue weighted by atomic mass is 35.5. The molecule has 0 saturated carbocycles. The molecule has 25 heavy (non-hydrogen) atoms. The van der Waals surface area contributed by atoms with Crippen molar-refractivity contribution < 1.29 is 4.79 Å². The fraction of sp³-hybridized carbons (Fsp3) is 0. The van der Waals surface area contributed by atoms with Crippen LogP contribution in [-0.4, -0.2) is 5.91 Å². The predicted octanol–water partition coefficient (Wildman–Crippen LogP) is 5.62. The van der Waals surface area contributed by atoms with Crippen molar-refractivity contribution >= 4 is 35.0 Å². The minimum Gasteiger partial charge on any atom is -0.321 e. The van der Waals surface area contributed by atoms with Gasteiger partial charge in [-0.3, -0.25) is 4.79 Å². The van der Waals surface area contributed by atoms with E-state index in [9.17, 15) is 10.1 Å². The smallest absolute Gasteiger partial charge is 0.256 e. The predicted molar refractivity (Wildman–Crippen MR) is 101 cm³/mol. The van der Waals surface area contributed by atoms with Crippen molar-refractivity contribution in [3.63, 3.8) is 0 Å². The van der Waals surface area contributed by atoms with Gasteiger partial charge in [0.05, 0.1) is 21.8 Å². The van der Waals surface area contributed by atoms with E-state index in [1.807, 2.05) is 42.5 Å². The van der Waals surface area contributed by atoms with Crippen LogP contribution in [0.5, 0.6) is 0 Å². The minimum atomic E-state index is -0.245. The van der Waals surface area contributed by atoms with E-state index in [0.29, 0.717) is 21.8 Å². The fourth-order valence-electron chi connectivity index (χ4n) is 2.26. The summed E-state index contributed by atoms with van der Waals surface area (Å²) in [6, 6.07) is 23.9. The first-order chi connectivity index (χ1) is 12.2. The lowest BCUT2D eigenvalue weighted by molar-refractivity contribution is 0.102. The normalized spacial score (nSPS) is 10.1. The molecule has 122 valence electrons. The lowest BCUT2D eigenvalue weighted by atomic mass is 10.2. The number of hydrogen-bond acceptors (Lipinski definition) is 3. The van der Waals surface area contributed by atoms with E-state index in [2.05, 4.69) is 11.4 Å². The number of nitrogens with zero attached hydrogens (tertiary/aromatic N) is 1. The molecule has 3 rings (SSSR count). The van der Waals surface area contributed by atoms with Crippen molar-refractivity contribution in [2.75, 3.05) is 5.32 Å². The topological polar surface area (TPSA) is 52.9 Å². The van der Waals surface area contributed by atoms with Gasteiger partial charge in [-0.15, -0.1) is 0 Å². The quantitative estimate of drug-likeness (QED) is 0.654. The van der Waals surface area contributed by atoms with Crippen molar-refractivity contribution in [2.24, 2.45) is 0 Å². The highest BCUT2D eigenvalue weighted by Crippen LogP contribution is 2.33. The number of nitriles is 1. The number of amides is 1. The SMILES string of the molecule is N#Cc1ccccc1Sc1ccccc1C(=O)Nc1ccccc1Cl. The summed E-state index contributed by atoms with van der Waals surface area (Å²) in [7, 11) is 0. The Morgan fingerprint density at radius 2 is 1.56 bits per heavy atom. The summed E-state index contributed by atoms with van der Waals surface area (Å²) in [6.45, 7) is 0. The molecule has 0 bridgehead atoms. The van der Waals surface area contributed by atoms with Crippen molar-refractivity contribution in [2.45, 2.75) is 9.79 Å². The van der Waals surface area contributed by atoms with Crippen LogP contribution in [0.15, 0.2) is 82.6 Å². The van der Waals surface area contributed by atoms with Gasteiger partial charge in [0, 0.05) is 9.79 Å². The lowest BCUT2D eigenvalue weighted by Crippen LogP contribution is -2.13. The van der Waals surface area contributed by atoms with Gasteiger partial charge < -0.3 is 5.32 Å². The van der Waals surface area contributed by atoms with E-state index in [-0.39, 0.29) is 5.91 Å². The van der Waals surface area contributed by atoms with Crippen LogP contribution in [0.1, 0.15) is 15.9 Å². The fourth-order valence-corrected chi connectivity index (χ4v) is 3.47. The number of carbonyl (C=O) groups excluding carboxylic acids is 1. The Labute approximate surface area is 155 Å². The third kappa shape index (κ3) is 4.03. The molecule has 0 saturated heterocycles. The summed E-state index contributed by atoms with van der Waals surface area (Å²) in [5.74, 6) is -0.245. The molecule has 5 heteroatoms. The average molecular weight is 365 g/mol. The van der Waals surface area contributed by atoms with E-state index >= 15 is 0 Å². The average Bonchev–Trinajstić information content (AvgIpc) is 2.64. The summed E-state index contributed by atoms with van der Waals surface area (Å²) in [5, 5.41) is 12.6. The molecule has 1 N–H and O–H groups in total. The van der Waals surface area contributed by atoms with Crippen LogP contribution in [0.4, 0.5) is 5.69 Å². The van der Waals surface area contributed by atoms with Crippen molar-refractivity contribution in [1.29, 1.82) is 5.26 Å². The van der Waals surface area contributed by atoms with E-state index in [4.69, 9.17) is 11.6 Å². The zero-order chi connectivity index (χ0) is 17.6. The van der Waals surface area contributed by atoms with Crippen LogP contribution in [0.2, 0.25) is 5.02 Å². The minimum absolute atomic E-state index is 0.245. The maximum absolute atomic E-state index is 12.7. The molecule has 3 nitrogen and oxygen atoms in total. The van der Waals surface area contributed by atoms with Crippen LogP contribution >= 0.6 is 23.4 Å². The molecular weight excluding hydrogens is 352 g/mol. The Balaban J connectivity index is 1.90. The number of para-hydroxylation sites is 1. The summed E-state index contributed by atoms with van der Waals surface area (Å²) >= 11 is 7.50. The first-order valence-corrected chi connectivity index (χ1v) is 8.70. The molecule has 3 aromatic carbocycles. The third-order valence-electron chi connectivity index (χ3n) is 3.48. The monoisotopic (exact) mass is 364 g/mol. The molecular formula is C20H13ClN2OS. The van der Waals surface area contributed by atoms with Gasteiger partial charge in [0.15, 0.2) is 0 Å². The first kappa shape index (κ1) is 17.1. The second-order valence-corrected chi connectivity index (χ2v) is 6.63. The largest absolute Gasteiger partial charge is 0.321 e. The summed E-state index contributed by atoms with van der Waals surface area (Å²) < 4.78 is 0. The standard InChI is InChI=1S/C20H13ClN2OS/c21-16-9-3-4-10-17(16)23-20(24)15-8-2-6-12-19(15)25-18-11-5-1-7-14(18)13-22/h1-12H,(H,23,24). The second-order valence-electron chi connectivity index (χ2n) is 5.14. The number of halogens is 1. The second kappa shape index (κ2) is 7.89. The Morgan fingerprint density at radius 1 is 0.920 bits per heavy atom. The number of carbonyl (C=O) groups is 1. The van der Waals surface area contributed by atoms with Crippen LogP contribution in [0.3, 0.4) is 0 Å². The van der Waals surface area contributed by atoms with Crippen molar-refractivity contribution in [3.8, 4) is 6.07 Å². The van der Waals surface area contributed by atoms with Crippen molar-refractivity contribution in [3.05, 3.63) is 88.9 Å². The molecule has 0 unspecified atom stereocenters. The van der Waals surface area contributed by atoms with E-state index in [0.717, 1.165) is 9.79 Å². The lowest BCUT2D eigenvalue weighted by Gasteiger charge is -2.11. The molecule has 0 spiro atoms. The first-order valence-electron chi connectivity index (χ1n) is 7.51. The summed E-state index contributed by atoms with van der Waals surface area (Å²) in [5.41, 5.74) is 1.67. The van der Waals surface area contributed by atoms with Gasteiger partial charge in [-0.1, -0.05) is 59.8 Å². The molecule has 0 heterocycles. The Bertz CT molecular complexity index is 966. The molecule has 0 aliphatic carbocycles. The number of hydrogen-bond donors (Lipinski definition) is 1. The molecule has 0 aromatic heterocycles. The molecule has 1 amide bonds. The summed E-state index contributed by atoms with van der Waals surface area (Å²) in [4.78, 5) is 14.3. The number of rotatable bonds is 4. The van der Waals surface area contributed by atoms with E-state index in [1.54, 1.807) is 30.3 Å². The molecule has 0 aliphatic heterocycles. The van der Waals surface area contributed by atoms with Crippen LogP contribution in [0, 0.1) is 11.3 Å². The van der Waals surface area contributed by atoms with Crippen molar-refractivity contribution in [1.82, 2.24) is 0 Å². The van der Waals surface area contributed by atoms with Gasteiger partial charge in [-0.2, -0.15) is 5.26 Å². The number of anilines is 1. The zero-order valence-corrected chi connectivity index (χ0v) is 14.6. The Hall–Kier alpha value is -2.74. The molecule has 0 aliphatic rings. The molecule has 0 fully saturated rings. The van der Waals surface area contributed by atoms with Gasteiger partial charge in [0.2, 0.25) is 0 Å². The van der Waals surface area contributed by atoms with Gasteiger partial charge in [-0.25, -0.2) is 0 Å². The number of nitrogens with one attached hydrogen (secondary N) is 1. The van der Waals surface area contributed by atoms with Gasteiger partial charge in [0.25, 0.3) is 5.91 Å². The van der Waals surface area contributed by atoms with E-state index < -0.39 is 0 Å². The third-order valence-corrected chi connectivity index (χ3v) is 4.96. The zero-order valence-electron chi connectivity index (χ0n) is 13.1. The molecule has 0 atom stereocenters. The van der Waals surface area contributed by atoms with Gasteiger partial charge >= 0.3 is 0 Å². The summed E-state index contributed by atoms with van der Waals surface area (Å²) in [6.07, 6.45) is 0. The van der Waals surface area contributed by atoms with E-state index in [1.165, 1.54) is 11.8 Å². The molecule has 3 aromatic rings.